The van der Waals surface area contributed by atoms with Gasteiger partial charge in [-0.1, -0.05) is 340 Å². The van der Waals surface area contributed by atoms with Crippen LogP contribution in [0, 0.1) is 0 Å². The van der Waals surface area contributed by atoms with Gasteiger partial charge in [-0.3, -0.25) is 14.4 Å². The monoisotopic (exact) mass is 1120 g/mol. The second-order valence-electron chi connectivity index (χ2n) is 24.5. The van der Waals surface area contributed by atoms with Crippen LogP contribution in [0.1, 0.15) is 400 Å². The molecule has 0 bridgehead atoms. The summed E-state index contributed by atoms with van der Waals surface area (Å²) < 4.78 is 16.9. The van der Waals surface area contributed by atoms with Crippen LogP contribution in [0.15, 0.2) is 36.5 Å². The summed E-state index contributed by atoms with van der Waals surface area (Å²) in [6.07, 6.45) is 86.6. The fraction of sp³-hybridized carbons (Fsp3) is 0.878. The van der Waals surface area contributed by atoms with Gasteiger partial charge in [-0.05, 0) is 77.0 Å². The van der Waals surface area contributed by atoms with E-state index in [1.165, 1.54) is 295 Å². The Hall–Kier alpha value is -2.37. The van der Waals surface area contributed by atoms with Gasteiger partial charge in [-0.2, -0.15) is 0 Å². The Balaban J connectivity index is 3.94. The van der Waals surface area contributed by atoms with Crippen LogP contribution in [0.5, 0.6) is 0 Å². The van der Waals surface area contributed by atoms with Crippen LogP contribution >= 0.6 is 0 Å². The Morgan fingerprint density at radius 2 is 0.450 bits per heavy atom. The first-order valence-corrected chi connectivity index (χ1v) is 36.0. The van der Waals surface area contributed by atoms with Crippen molar-refractivity contribution in [3.8, 4) is 0 Å². The number of esters is 3. The molecule has 6 nitrogen and oxygen atoms in total. The van der Waals surface area contributed by atoms with Crippen molar-refractivity contribution in [3.05, 3.63) is 36.5 Å². The van der Waals surface area contributed by atoms with Crippen LogP contribution in [0.4, 0.5) is 0 Å². The molecule has 80 heavy (non-hydrogen) atoms. The second-order valence-corrected chi connectivity index (χ2v) is 24.5. The van der Waals surface area contributed by atoms with Crippen molar-refractivity contribution < 1.29 is 28.6 Å². The number of hydrogen-bond donors (Lipinski definition) is 0. The minimum absolute atomic E-state index is 0.0680. The second kappa shape index (κ2) is 69.1. The molecule has 0 aliphatic heterocycles. The maximum Gasteiger partial charge on any atom is 0.306 e. The molecule has 0 rings (SSSR count). The Morgan fingerprint density at radius 1 is 0.250 bits per heavy atom. The number of ether oxygens (including phenoxy) is 3. The lowest BCUT2D eigenvalue weighted by molar-refractivity contribution is -0.167. The summed E-state index contributed by atoms with van der Waals surface area (Å²) in [6, 6.07) is 0. The summed E-state index contributed by atoms with van der Waals surface area (Å²) in [7, 11) is 0. The van der Waals surface area contributed by atoms with Crippen molar-refractivity contribution in [1.29, 1.82) is 0 Å². The van der Waals surface area contributed by atoms with Gasteiger partial charge >= 0.3 is 17.9 Å². The fourth-order valence-corrected chi connectivity index (χ4v) is 10.9. The molecule has 0 heterocycles. The average molecular weight is 1120 g/mol. The lowest BCUT2D eigenvalue weighted by Crippen LogP contribution is -2.30. The van der Waals surface area contributed by atoms with Crippen molar-refractivity contribution in [2.45, 2.75) is 406 Å². The van der Waals surface area contributed by atoms with Crippen molar-refractivity contribution in [3.63, 3.8) is 0 Å². The van der Waals surface area contributed by atoms with Gasteiger partial charge in [-0.25, -0.2) is 0 Å². The van der Waals surface area contributed by atoms with Crippen LogP contribution in [0.25, 0.3) is 0 Å². The van der Waals surface area contributed by atoms with E-state index in [9.17, 15) is 14.4 Å². The summed E-state index contributed by atoms with van der Waals surface area (Å²) >= 11 is 0. The normalized spacial score (nSPS) is 12.2. The van der Waals surface area contributed by atoms with E-state index in [2.05, 4.69) is 57.2 Å². The van der Waals surface area contributed by atoms with E-state index in [0.29, 0.717) is 19.3 Å². The Kier molecular flexibility index (Phi) is 67.1. The molecule has 0 radical (unpaired) electrons. The van der Waals surface area contributed by atoms with E-state index in [1.54, 1.807) is 0 Å². The summed E-state index contributed by atoms with van der Waals surface area (Å²) in [5, 5.41) is 0. The molecule has 0 saturated heterocycles. The molecule has 0 aliphatic rings. The molecule has 0 saturated carbocycles. The highest BCUT2D eigenvalue weighted by Gasteiger charge is 2.19. The standard InChI is InChI=1S/C74H138O6/c1-4-7-10-13-16-18-20-22-24-26-28-30-32-33-34-35-36-37-38-39-40-41-43-44-46-48-50-52-54-56-58-61-64-67-73(76)79-70-71(69-78-72(75)66-63-60-15-12-9-6-3)80-74(77)68-65-62-59-57-55-53-51-49-47-45-42-31-29-27-25-23-21-19-17-14-11-8-5-2/h21,23,26-29,71H,4-20,22,24-25,30-70H2,1-3H3/b23-21-,28-26-,29-27-. The SMILES string of the molecule is CCCCCCC/C=C\C/C=C\CCCCCCCCCCCCCC(=O)OC(COC(=O)CCCCCCCC)COC(=O)CCCCCCCCCCCCCCCCCCCCCCC/C=C\CCCCCCCCCC. The van der Waals surface area contributed by atoms with Crippen LogP contribution < -0.4 is 0 Å². The van der Waals surface area contributed by atoms with Gasteiger partial charge in [0.05, 0.1) is 0 Å². The maximum absolute atomic E-state index is 12.9. The van der Waals surface area contributed by atoms with Gasteiger partial charge < -0.3 is 14.2 Å². The summed E-state index contributed by atoms with van der Waals surface area (Å²) in [5.41, 5.74) is 0. The number of rotatable bonds is 67. The quantitative estimate of drug-likeness (QED) is 0.0261. The lowest BCUT2D eigenvalue weighted by Gasteiger charge is -2.18. The zero-order valence-corrected chi connectivity index (χ0v) is 54.1. The van der Waals surface area contributed by atoms with Crippen LogP contribution in [-0.4, -0.2) is 37.2 Å². The predicted molar refractivity (Wildman–Crippen MR) is 349 cm³/mol. The molecule has 0 amide bonds. The molecule has 470 valence electrons. The smallest absolute Gasteiger partial charge is 0.306 e. The first kappa shape index (κ1) is 77.6. The van der Waals surface area contributed by atoms with Crippen molar-refractivity contribution in [2.75, 3.05) is 13.2 Å². The third kappa shape index (κ3) is 66.4. The van der Waals surface area contributed by atoms with E-state index < -0.39 is 6.10 Å². The van der Waals surface area contributed by atoms with E-state index in [4.69, 9.17) is 14.2 Å². The van der Waals surface area contributed by atoms with Gasteiger partial charge in [0.1, 0.15) is 13.2 Å². The highest BCUT2D eigenvalue weighted by Crippen LogP contribution is 2.18. The summed E-state index contributed by atoms with van der Waals surface area (Å²) in [6.45, 7) is 6.63. The number of unbranched alkanes of at least 4 members (excludes halogenated alkanes) is 50. The van der Waals surface area contributed by atoms with E-state index >= 15 is 0 Å². The molecule has 0 N–H and O–H groups in total. The van der Waals surface area contributed by atoms with Crippen molar-refractivity contribution in [2.24, 2.45) is 0 Å². The molecule has 0 aromatic heterocycles. The molecular formula is C74H138O6. The summed E-state index contributed by atoms with van der Waals surface area (Å²) in [5.74, 6) is -0.855. The zero-order chi connectivity index (χ0) is 57.8. The van der Waals surface area contributed by atoms with Gasteiger partial charge in [0.2, 0.25) is 0 Å². The molecule has 0 spiro atoms. The number of hydrogen-bond acceptors (Lipinski definition) is 6. The Bertz CT molecular complexity index is 1340. The van der Waals surface area contributed by atoms with Gasteiger partial charge in [0.25, 0.3) is 0 Å². The first-order chi connectivity index (χ1) is 39.5. The molecular weight excluding hydrogens is 985 g/mol. The lowest BCUT2D eigenvalue weighted by atomic mass is 10.0. The minimum Gasteiger partial charge on any atom is -0.462 e. The van der Waals surface area contributed by atoms with E-state index in [-0.39, 0.29) is 31.1 Å². The molecule has 0 aromatic carbocycles. The minimum atomic E-state index is -0.768. The third-order valence-electron chi connectivity index (χ3n) is 16.4. The molecule has 0 fully saturated rings. The highest BCUT2D eigenvalue weighted by atomic mass is 16.6. The molecule has 6 heteroatoms. The zero-order valence-electron chi connectivity index (χ0n) is 54.1. The number of carbonyl (C=O) groups is 3. The highest BCUT2D eigenvalue weighted by molar-refractivity contribution is 5.71. The molecule has 1 unspecified atom stereocenters. The third-order valence-corrected chi connectivity index (χ3v) is 16.4. The van der Waals surface area contributed by atoms with Crippen molar-refractivity contribution >= 4 is 17.9 Å². The van der Waals surface area contributed by atoms with Gasteiger partial charge in [0.15, 0.2) is 6.10 Å². The molecule has 1 atom stereocenters. The van der Waals surface area contributed by atoms with Crippen LogP contribution in [0.2, 0.25) is 0 Å². The Labute approximate surface area is 499 Å². The van der Waals surface area contributed by atoms with E-state index in [0.717, 1.165) is 64.2 Å². The first-order valence-electron chi connectivity index (χ1n) is 36.0. The van der Waals surface area contributed by atoms with Crippen molar-refractivity contribution in [1.82, 2.24) is 0 Å². The van der Waals surface area contributed by atoms with Gasteiger partial charge in [-0.15, -0.1) is 0 Å². The Morgan fingerprint density at radius 3 is 0.700 bits per heavy atom. The van der Waals surface area contributed by atoms with Crippen LogP contribution in [0.3, 0.4) is 0 Å². The van der Waals surface area contributed by atoms with E-state index in [1.807, 2.05) is 0 Å². The maximum atomic E-state index is 12.9. The molecule has 0 aromatic rings. The van der Waals surface area contributed by atoms with Crippen LogP contribution in [-0.2, 0) is 28.6 Å². The predicted octanol–water partition coefficient (Wildman–Crippen LogP) is 24.7. The largest absolute Gasteiger partial charge is 0.462 e. The fourth-order valence-electron chi connectivity index (χ4n) is 10.9. The summed E-state index contributed by atoms with van der Waals surface area (Å²) in [4.78, 5) is 38.1. The topological polar surface area (TPSA) is 78.9 Å². The molecule has 0 aliphatic carbocycles. The van der Waals surface area contributed by atoms with Gasteiger partial charge in [0, 0.05) is 19.3 Å². The number of allylic oxidation sites excluding steroid dienone is 6. The average Bonchev–Trinajstić information content (AvgIpc) is 3.46. The number of carbonyl (C=O) groups excluding carboxylic acids is 3.